The summed E-state index contributed by atoms with van der Waals surface area (Å²) in [5, 5.41) is 0. The predicted molar refractivity (Wildman–Crippen MR) is 104 cm³/mol. The summed E-state index contributed by atoms with van der Waals surface area (Å²) in [5.74, 6) is 0. The maximum atomic E-state index is 4.37. The molecular weight excluding hydrogens is 304 g/mol. The maximum Gasteiger partial charge on any atom is 0.0670 e. The Hall–Kier alpha value is -2.58. The molecule has 0 saturated carbocycles. The van der Waals surface area contributed by atoms with E-state index < -0.39 is 0 Å². The standard InChI is InChI=1S/C23H23N2/c1-24-17-23(20-13-7-3-8-14-20)25(21-15-9-4-10-16-21)18-22(24)19-11-5-2-6-12-19/h2-16,22-23H,1,17-18H2. The molecule has 3 aromatic carbocycles. The zero-order valence-electron chi connectivity index (χ0n) is 14.3. The highest BCUT2D eigenvalue weighted by Gasteiger charge is 2.33. The van der Waals surface area contributed by atoms with E-state index in [2.05, 4.69) is 108 Å². The molecule has 4 rings (SSSR count). The Labute approximate surface area is 150 Å². The lowest BCUT2D eigenvalue weighted by atomic mass is 9.95. The van der Waals surface area contributed by atoms with E-state index in [4.69, 9.17) is 0 Å². The SMILES string of the molecule is [CH2]N1CC(c2ccccc2)N(c2ccccc2)CC1c1ccccc1. The minimum absolute atomic E-state index is 0.293. The lowest BCUT2D eigenvalue weighted by Gasteiger charge is -2.46. The smallest absolute Gasteiger partial charge is 0.0670 e. The van der Waals surface area contributed by atoms with Gasteiger partial charge in [-0.1, -0.05) is 78.9 Å². The second-order valence-electron chi connectivity index (χ2n) is 6.61. The molecule has 0 spiro atoms. The first kappa shape index (κ1) is 15.9. The number of para-hydroxylation sites is 1. The highest BCUT2D eigenvalue weighted by molar-refractivity contribution is 5.50. The molecule has 2 heteroatoms. The van der Waals surface area contributed by atoms with E-state index in [-0.39, 0.29) is 0 Å². The Morgan fingerprint density at radius 2 is 1.08 bits per heavy atom. The Balaban J connectivity index is 1.71. The molecule has 2 atom stereocenters. The molecule has 3 aromatic rings. The lowest BCUT2D eigenvalue weighted by molar-refractivity contribution is 0.212. The second kappa shape index (κ2) is 7.12. The van der Waals surface area contributed by atoms with Gasteiger partial charge in [-0.15, -0.1) is 0 Å². The molecule has 0 bridgehead atoms. The molecule has 1 aliphatic rings. The van der Waals surface area contributed by atoms with E-state index in [1.807, 2.05) is 0 Å². The van der Waals surface area contributed by atoms with E-state index in [9.17, 15) is 0 Å². The van der Waals surface area contributed by atoms with Crippen LogP contribution >= 0.6 is 0 Å². The number of piperazine rings is 1. The van der Waals surface area contributed by atoms with Gasteiger partial charge in [0.05, 0.1) is 12.1 Å². The molecule has 1 radical (unpaired) electrons. The minimum Gasteiger partial charge on any atom is -0.361 e. The van der Waals surface area contributed by atoms with E-state index in [1.165, 1.54) is 16.8 Å². The second-order valence-corrected chi connectivity index (χ2v) is 6.61. The van der Waals surface area contributed by atoms with E-state index in [0.29, 0.717) is 12.1 Å². The Bertz CT molecular complexity index is 786. The first-order valence-corrected chi connectivity index (χ1v) is 8.81. The number of nitrogens with zero attached hydrogens (tertiary/aromatic N) is 2. The molecule has 1 saturated heterocycles. The van der Waals surface area contributed by atoms with Crippen LogP contribution in [0.4, 0.5) is 5.69 Å². The molecule has 1 heterocycles. The van der Waals surface area contributed by atoms with Crippen LogP contribution in [0.1, 0.15) is 23.2 Å². The van der Waals surface area contributed by atoms with Gasteiger partial charge in [-0.25, -0.2) is 0 Å². The van der Waals surface area contributed by atoms with Gasteiger partial charge in [0.25, 0.3) is 0 Å². The highest BCUT2D eigenvalue weighted by Crippen LogP contribution is 2.37. The molecule has 0 aromatic heterocycles. The maximum absolute atomic E-state index is 4.37. The van der Waals surface area contributed by atoms with Gasteiger partial charge in [0, 0.05) is 25.8 Å². The van der Waals surface area contributed by atoms with Crippen molar-refractivity contribution in [1.29, 1.82) is 0 Å². The summed E-state index contributed by atoms with van der Waals surface area (Å²) < 4.78 is 0. The summed E-state index contributed by atoms with van der Waals surface area (Å²) in [6.07, 6.45) is 0. The fraction of sp³-hybridized carbons (Fsp3) is 0.174. The fourth-order valence-corrected chi connectivity index (χ4v) is 3.73. The number of hydrogen-bond donors (Lipinski definition) is 0. The van der Waals surface area contributed by atoms with Crippen molar-refractivity contribution in [3.05, 3.63) is 109 Å². The highest BCUT2D eigenvalue weighted by atomic mass is 15.3. The normalized spacial score (nSPS) is 21.2. The van der Waals surface area contributed by atoms with Gasteiger partial charge < -0.3 is 4.90 Å². The van der Waals surface area contributed by atoms with Crippen LogP contribution in [0.25, 0.3) is 0 Å². The summed E-state index contributed by atoms with van der Waals surface area (Å²) in [4.78, 5) is 4.77. The van der Waals surface area contributed by atoms with E-state index in [0.717, 1.165) is 13.1 Å². The van der Waals surface area contributed by atoms with Crippen molar-refractivity contribution in [3.8, 4) is 0 Å². The van der Waals surface area contributed by atoms with E-state index >= 15 is 0 Å². The van der Waals surface area contributed by atoms with Crippen LogP contribution in [0.2, 0.25) is 0 Å². The number of rotatable bonds is 3. The average Bonchev–Trinajstić information content (AvgIpc) is 2.70. The van der Waals surface area contributed by atoms with Crippen LogP contribution in [0.15, 0.2) is 91.0 Å². The van der Waals surface area contributed by atoms with Crippen molar-refractivity contribution >= 4 is 5.69 Å². The van der Waals surface area contributed by atoms with Gasteiger partial charge in [0.2, 0.25) is 0 Å². The Kier molecular flexibility index (Phi) is 4.53. The molecule has 125 valence electrons. The van der Waals surface area contributed by atoms with Crippen molar-refractivity contribution in [2.75, 3.05) is 18.0 Å². The van der Waals surface area contributed by atoms with Crippen LogP contribution < -0.4 is 4.90 Å². The Morgan fingerprint density at radius 3 is 1.64 bits per heavy atom. The Morgan fingerprint density at radius 1 is 0.600 bits per heavy atom. The first-order chi connectivity index (χ1) is 12.3. The summed E-state index contributed by atoms with van der Waals surface area (Å²) >= 11 is 0. The monoisotopic (exact) mass is 327 g/mol. The molecule has 2 unspecified atom stereocenters. The van der Waals surface area contributed by atoms with Crippen LogP contribution in [-0.2, 0) is 0 Å². The van der Waals surface area contributed by atoms with Gasteiger partial charge in [-0.2, -0.15) is 0 Å². The van der Waals surface area contributed by atoms with Crippen molar-refractivity contribution in [2.45, 2.75) is 12.1 Å². The van der Waals surface area contributed by atoms with Crippen molar-refractivity contribution in [1.82, 2.24) is 4.90 Å². The third-order valence-electron chi connectivity index (χ3n) is 5.05. The fourth-order valence-electron chi connectivity index (χ4n) is 3.73. The molecule has 0 amide bonds. The van der Waals surface area contributed by atoms with Crippen molar-refractivity contribution < 1.29 is 0 Å². The zero-order valence-corrected chi connectivity index (χ0v) is 14.3. The van der Waals surface area contributed by atoms with Gasteiger partial charge in [0.1, 0.15) is 0 Å². The van der Waals surface area contributed by atoms with Crippen molar-refractivity contribution in [3.63, 3.8) is 0 Å². The molecule has 25 heavy (non-hydrogen) atoms. The zero-order chi connectivity index (χ0) is 17.1. The van der Waals surface area contributed by atoms with Crippen LogP contribution in [0.5, 0.6) is 0 Å². The molecule has 0 aliphatic carbocycles. The first-order valence-electron chi connectivity index (χ1n) is 8.81. The molecule has 1 aliphatic heterocycles. The minimum atomic E-state index is 0.293. The van der Waals surface area contributed by atoms with Gasteiger partial charge in [-0.05, 0) is 23.3 Å². The summed E-state index contributed by atoms with van der Waals surface area (Å²) in [5.41, 5.74) is 3.93. The van der Waals surface area contributed by atoms with Crippen molar-refractivity contribution in [2.24, 2.45) is 0 Å². The topological polar surface area (TPSA) is 6.48 Å². The van der Waals surface area contributed by atoms with Crippen LogP contribution in [-0.4, -0.2) is 18.0 Å². The third-order valence-corrected chi connectivity index (χ3v) is 5.05. The summed E-state index contributed by atoms with van der Waals surface area (Å²) in [6, 6.07) is 32.8. The number of hydrogen-bond acceptors (Lipinski definition) is 2. The van der Waals surface area contributed by atoms with Gasteiger partial charge in [-0.3, -0.25) is 4.90 Å². The molecule has 1 fully saturated rings. The van der Waals surface area contributed by atoms with Gasteiger partial charge in [0.15, 0.2) is 0 Å². The third kappa shape index (κ3) is 3.31. The van der Waals surface area contributed by atoms with Crippen LogP contribution in [0.3, 0.4) is 0 Å². The number of benzene rings is 3. The quantitative estimate of drug-likeness (QED) is 0.661. The molecular formula is C23H23N2. The molecule has 2 nitrogen and oxygen atoms in total. The lowest BCUT2D eigenvalue weighted by Crippen LogP contribution is -2.48. The van der Waals surface area contributed by atoms with Crippen LogP contribution in [0, 0.1) is 7.05 Å². The summed E-state index contributed by atoms with van der Waals surface area (Å²) in [7, 11) is 4.37. The number of anilines is 1. The predicted octanol–water partition coefficient (Wildman–Crippen LogP) is 5.08. The van der Waals surface area contributed by atoms with Gasteiger partial charge >= 0.3 is 0 Å². The van der Waals surface area contributed by atoms with E-state index in [1.54, 1.807) is 0 Å². The average molecular weight is 327 g/mol. The summed E-state index contributed by atoms with van der Waals surface area (Å²) in [6.45, 7) is 1.83. The molecule has 0 N–H and O–H groups in total. The largest absolute Gasteiger partial charge is 0.361 e.